The molecule has 4 nitrogen and oxygen atoms in total. The number of likely N-dealkylation sites (N-methyl/N-ethyl adjacent to an activating group) is 1. The fourth-order valence-corrected chi connectivity index (χ4v) is 3.56. The summed E-state index contributed by atoms with van der Waals surface area (Å²) in [7, 11) is 1.80. The van der Waals surface area contributed by atoms with Crippen molar-refractivity contribution in [3.05, 3.63) is 76.9 Å². The molecule has 6 heteroatoms. The average molecular weight is 399 g/mol. The molecule has 1 amide bonds. The summed E-state index contributed by atoms with van der Waals surface area (Å²) in [5.41, 5.74) is 2.34. The largest absolute Gasteiger partial charge is 0.444 e. The van der Waals surface area contributed by atoms with E-state index in [1.165, 1.54) is 18.4 Å². The van der Waals surface area contributed by atoms with E-state index in [1.807, 2.05) is 12.1 Å². The van der Waals surface area contributed by atoms with Crippen LogP contribution in [0, 0.1) is 11.7 Å². The van der Waals surface area contributed by atoms with Crippen LogP contribution >= 0.6 is 11.6 Å². The minimum absolute atomic E-state index is 0.0443. The van der Waals surface area contributed by atoms with E-state index >= 15 is 0 Å². The van der Waals surface area contributed by atoms with E-state index in [0.29, 0.717) is 22.5 Å². The maximum Gasteiger partial charge on any atom is 0.228 e. The molecule has 0 N–H and O–H groups in total. The smallest absolute Gasteiger partial charge is 0.228 e. The quantitative estimate of drug-likeness (QED) is 0.567. The second-order valence-corrected chi connectivity index (χ2v) is 7.60. The minimum Gasteiger partial charge on any atom is -0.444 e. The summed E-state index contributed by atoms with van der Waals surface area (Å²) >= 11 is 5.91. The van der Waals surface area contributed by atoms with Crippen molar-refractivity contribution in [1.82, 2.24) is 9.88 Å². The fraction of sp³-hybridized carbons (Fsp3) is 0.273. The standard InChI is InChI=1S/C22H20ClFN2O2/c1-26(21(14-2-3-14)15-6-10-18(24)11-7-15)20(27)12-19-13-28-22(25-19)16-4-8-17(23)9-5-16/h4-11,13-14,21H,2-3,12H2,1H3/t21-/m0/s1. The van der Waals surface area contributed by atoms with Crippen LogP contribution < -0.4 is 0 Å². The molecule has 0 aliphatic heterocycles. The third kappa shape index (κ3) is 4.09. The maximum absolute atomic E-state index is 13.3. The van der Waals surface area contributed by atoms with Gasteiger partial charge in [0.05, 0.1) is 18.2 Å². The van der Waals surface area contributed by atoms with Crippen molar-refractivity contribution in [3.8, 4) is 11.5 Å². The molecule has 1 aliphatic carbocycles. The molecule has 0 saturated heterocycles. The molecule has 1 saturated carbocycles. The van der Waals surface area contributed by atoms with Crippen molar-refractivity contribution in [1.29, 1.82) is 0 Å². The second kappa shape index (κ2) is 7.76. The van der Waals surface area contributed by atoms with Crippen molar-refractivity contribution in [2.45, 2.75) is 25.3 Å². The highest BCUT2D eigenvalue weighted by Crippen LogP contribution is 2.44. The van der Waals surface area contributed by atoms with Gasteiger partial charge >= 0.3 is 0 Å². The van der Waals surface area contributed by atoms with Crippen molar-refractivity contribution >= 4 is 17.5 Å². The molecule has 1 aliphatic rings. The number of carbonyl (C=O) groups excluding carboxylic acids is 1. The lowest BCUT2D eigenvalue weighted by molar-refractivity contribution is -0.131. The SMILES string of the molecule is CN(C(=O)Cc1coc(-c2ccc(Cl)cc2)n1)[C@H](c1ccc(F)cc1)C1CC1. The first kappa shape index (κ1) is 18.7. The Morgan fingerprint density at radius 1 is 1.21 bits per heavy atom. The molecule has 144 valence electrons. The second-order valence-electron chi connectivity index (χ2n) is 7.17. The predicted octanol–water partition coefficient (Wildman–Crippen LogP) is 5.29. The predicted molar refractivity (Wildman–Crippen MR) is 105 cm³/mol. The van der Waals surface area contributed by atoms with E-state index in [-0.39, 0.29) is 24.2 Å². The molecule has 1 aromatic heterocycles. The number of nitrogens with zero attached hydrogens (tertiary/aromatic N) is 2. The van der Waals surface area contributed by atoms with Crippen LogP contribution in [-0.4, -0.2) is 22.8 Å². The number of carbonyl (C=O) groups is 1. The van der Waals surface area contributed by atoms with Crippen LogP contribution in [0.5, 0.6) is 0 Å². The molecule has 4 rings (SSSR count). The summed E-state index contributed by atoms with van der Waals surface area (Å²) < 4.78 is 18.8. The number of amides is 1. The first-order valence-corrected chi connectivity index (χ1v) is 9.60. The molecule has 0 bridgehead atoms. The van der Waals surface area contributed by atoms with Crippen LogP contribution in [0.25, 0.3) is 11.5 Å². The molecule has 2 aromatic carbocycles. The Bertz CT molecular complexity index is 965. The van der Waals surface area contributed by atoms with E-state index in [0.717, 1.165) is 24.0 Å². The topological polar surface area (TPSA) is 46.3 Å². The van der Waals surface area contributed by atoms with E-state index in [1.54, 1.807) is 36.2 Å². The Balaban J connectivity index is 1.48. The van der Waals surface area contributed by atoms with Crippen LogP contribution in [0.3, 0.4) is 0 Å². The fourth-order valence-electron chi connectivity index (χ4n) is 3.43. The Hall–Kier alpha value is -2.66. The summed E-state index contributed by atoms with van der Waals surface area (Å²) in [6.07, 6.45) is 3.81. The summed E-state index contributed by atoms with van der Waals surface area (Å²) in [6.45, 7) is 0. The van der Waals surface area contributed by atoms with E-state index in [9.17, 15) is 9.18 Å². The Kier molecular flexibility index (Phi) is 5.18. The van der Waals surface area contributed by atoms with Crippen molar-refractivity contribution in [3.63, 3.8) is 0 Å². The highest BCUT2D eigenvalue weighted by atomic mass is 35.5. The van der Waals surface area contributed by atoms with Gasteiger partial charge in [-0.15, -0.1) is 0 Å². The lowest BCUT2D eigenvalue weighted by Crippen LogP contribution is -2.33. The van der Waals surface area contributed by atoms with Crippen molar-refractivity contribution in [2.75, 3.05) is 7.05 Å². The molecular weight excluding hydrogens is 379 g/mol. The van der Waals surface area contributed by atoms with Gasteiger partial charge in [-0.3, -0.25) is 4.79 Å². The lowest BCUT2D eigenvalue weighted by Gasteiger charge is -2.28. The van der Waals surface area contributed by atoms with E-state index in [4.69, 9.17) is 16.0 Å². The van der Waals surface area contributed by atoms with Gasteiger partial charge < -0.3 is 9.32 Å². The highest BCUT2D eigenvalue weighted by Gasteiger charge is 2.37. The first-order chi connectivity index (χ1) is 13.5. The lowest BCUT2D eigenvalue weighted by atomic mass is 10.0. The van der Waals surface area contributed by atoms with Gasteiger partial charge in [0, 0.05) is 17.6 Å². The van der Waals surface area contributed by atoms with Gasteiger partial charge in [0.2, 0.25) is 11.8 Å². The molecule has 0 spiro atoms. The number of hydrogen-bond donors (Lipinski definition) is 0. The third-order valence-corrected chi connectivity index (χ3v) is 5.32. The Morgan fingerprint density at radius 2 is 1.89 bits per heavy atom. The zero-order chi connectivity index (χ0) is 19.7. The van der Waals surface area contributed by atoms with Crippen LogP contribution in [0.1, 0.15) is 30.1 Å². The Labute approximate surface area is 167 Å². The zero-order valence-electron chi connectivity index (χ0n) is 15.4. The molecular formula is C22H20ClFN2O2. The summed E-state index contributed by atoms with van der Waals surface area (Å²) in [5, 5.41) is 0.638. The highest BCUT2D eigenvalue weighted by molar-refractivity contribution is 6.30. The average Bonchev–Trinajstić information content (AvgIpc) is 3.42. The van der Waals surface area contributed by atoms with Crippen molar-refractivity contribution in [2.24, 2.45) is 5.92 Å². The normalized spacial score (nSPS) is 14.7. The van der Waals surface area contributed by atoms with Gasteiger partial charge in [0.25, 0.3) is 0 Å². The monoisotopic (exact) mass is 398 g/mol. The van der Waals surface area contributed by atoms with Crippen LogP contribution in [-0.2, 0) is 11.2 Å². The number of hydrogen-bond acceptors (Lipinski definition) is 3. The van der Waals surface area contributed by atoms with Gasteiger partial charge in [-0.2, -0.15) is 0 Å². The van der Waals surface area contributed by atoms with E-state index in [2.05, 4.69) is 4.98 Å². The number of rotatable bonds is 6. The maximum atomic E-state index is 13.3. The van der Waals surface area contributed by atoms with Crippen LogP contribution in [0.2, 0.25) is 5.02 Å². The molecule has 1 atom stereocenters. The van der Waals surface area contributed by atoms with Gasteiger partial charge in [0.15, 0.2) is 0 Å². The summed E-state index contributed by atoms with van der Waals surface area (Å²) in [5.74, 6) is 0.558. The molecule has 0 radical (unpaired) electrons. The summed E-state index contributed by atoms with van der Waals surface area (Å²) in [4.78, 5) is 19.1. The molecule has 28 heavy (non-hydrogen) atoms. The molecule has 1 fully saturated rings. The number of aromatic nitrogens is 1. The molecule has 3 aromatic rings. The van der Waals surface area contributed by atoms with Crippen molar-refractivity contribution < 1.29 is 13.6 Å². The molecule has 1 heterocycles. The van der Waals surface area contributed by atoms with Gasteiger partial charge in [0.1, 0.15) is 12.1 Å². The number of halogens is 2. The van der Waals surface area contributed by atoms with Gasteiger partial charge in [-0.1, -0.05) is 23.7 Å². The van der Waals surface area contributed by atoms with E-state index < -0.39 is 0 Å². The van der Waals surface area contributed by atoms with Gasteiger partial charge in [-0.25, -0.2) is 9.37 Å². The Morgan fingerprint density at radius 3 is 2.54 bits per heavy atom. The number of oxazole rings is 1. The first-order valence-electron chi connectivity index (χ1n) is 9.23. The van der Waals surface area contributed by atoms with Crippen LogP contribution in [0.4, 0.5) is 4.39 Å². The molecule has 0 unspecified atom stereocenters. The summed E-state index contributed by atoms with van der Waals surface area (Å²) in [6, 6.07) is 13.5. The number of benzene rings is 2. The van der Waals surface area contributed by atoms with Crippen LogP contribution in [0.15, 0.2) is 59.2 Å². The van der Waals surface area contributed by atoms with Gasteiger partial charge in [-0.05, 0) is 60.7 Å². The third-order valence-electron chi connectivity index (χ3n) is 5.07. The minimum atomic E-state index is -0.274. The zero-order valence-corrected chi connectivity index (χ0v) is 16.2.